The summed E-state index contributed by atoms with van der Waals surface area (Å²) in [5.74, 6) is 0.973. The summed E-state index contributed by atoms with van der Waals surface area (Å²) in [6.45, 7) is 30.9. The lowest BCUT2D eigenvalue weighted by atomic mass is 9.78. The summed E-state index contributed by atoms with van der Waals surface area (Å²) in [5, 5.41) is 0.203. The molecule has 19 atom stereocenters. The van der Waals surface area contributed by atoms with Gasteiger partial charge in [-0.05, 0) is 123 Å². The van der Waals surface area contributed by atoms with Gasteiger partial charge in [-0.1, -0.05) is 92.0 Å². The highest BCUT2D eigenvalue weighted by molar-refractivity contribution is 6.74. The van der Waals surface area contributed by atoms with Crippen LogP contribution in [0.25, 0.3) is 0 Å². The van der Waals surface area contributed by atoms with Crippen molar-refractivity contribution in [2.24, 2.45) is 23.7 Å². The van der Waals surface area contributed by atoms with Crippen LogP contribution in [0.5, 0.6) is 0 Å². The third kappa shape index (κ3) is 9.67. The molecule has 1 aromatic carbocycles. The van der Waals surface area contributed by atoms with E-state index in [4.69, 9.17) is 42.3 Å². The molecule has 0 amide bonds. The highest BCUT2D eigenvalue weighted by Crippen LogP contribution is 2.54. The molecule has 63 heavy (non-hydrogen) atoms. The van der Waals surface area contributed by atoms with Gasteiger partial charge in [-0.25, -0.2) is 0 Å². The van der Waals surface area contributed by atoms with Crippen LogP contribution in [-0.2, 0) is 48.7 Å². The van der Waals surface area contributed by atoms with E-state index in [9.17, 15) is 0 Å². The molecule has 0 radical (unpaired) electrons. The Bertz CT molecular complexity index is 1750. The molecule has 9 aliphatic rings. The maximum atomic E-state index is 7.14. The van der Waals surface area contributed by atoms with Crippen molar-refractivity contribution in [2.75, 3.05) is 6.61 Å². The number of ether oxygens (including phenoxy) is 8. The second-order valence-corrected chi connectivity index (χ2v) is 27.8. The molecule has 0 saturated carbocycles. The first-order chi connectivity index (χ1) is 30.0. The van der Waals surface area contributed by atoms with E-state index in [1.807, 2.05) is 0 Å². The molecule has 5 unspecified atom stereocenters. The largest absolute Gasteiger partial charge is 0.417 e. The van der Waals surface area contributed by atoms with Crippen molar-refractivity contribution in [3.8, 4) is 0 Å². The van der Waals surface area contributed by atoms with Gasteiger partial charge in [0, 0.05) is 25.9 Å². The summed E-state index contributed by atoms with van der Waals surface area (Å²) in [4.78, 5) is 0. The highest BCUT2D eigenvalue weighted by Gasteiger charge is 2.68. The Morgan fingerprint density at radius 3 is 2.29 bits per heavy atom. The first kappa shape index (κ1) is 46.7. The molecular weight excluding hydrogens is 809 g/mol. The molecule has 6 bridgehead atoms. The van der Waals surface area contributed by atoms with E-state index in [0.29, 0.717) is 23.7 Å². The number of hydrogen-bond donors (Lipinski definition) is 0. The predicted molar refractivity (Wildman–Crippen MR) is 248 cm³/mol. The van der Waals surface area contributed by atoms with Gasteiger partial charge in [0.25, 0.3) is 0 Å². The van der Waals surface area contributed by atoms with Crippen molar-refractivity contribution in [1.29, 1.82) is 0 Å². The first-order valence-corrected chi connectivity index (χ1v) is 28.2. The number of rotatable bonds is 16. The van der Waals surface area contributed by atoms with Crippen molar-refractivity contribution in [1.82, 2.24) is 0 Å². The SMILES string of the molecule is C=C1CC(CC[C@@]23C[C@H]4O[C@H]5C(O2)[C@H]2O[C@@H](CC)CC[C@@H]2O[C@H]5C4O3)O[C@H]1CCC1C[C@@H](C)C(=C)[C@@H](CC2O[C@H](C[C@H](C)CO[Si](C)(C)C(C)(C)C)[C@H](C)[C@H]2Cc2ccccc2)O1. The van der Waals surface area contributed by atoms with Gasteiger partial charge >= 0.3 is 0 Å². The zero-order valence-corrected chi connectivity index (χ0v) is 41.3. The minimum Gasteiger partial charge on any atom is -0.417 e. The molecule has 352 valence electrons. The quantitative estimate of drug-likeness (QED) is 0.119. The Kier molecular flexibility index (Phi) is 13.8. The van der Waals surface area contributed by atoms with Crippen molar-refractivity contribution >= 4 is 8.32 Å². The van der Waals surface area contributed by atoms with Gasteiger partial charge in [-0.3, -0.25) is 0 Å². The Hall–Kier alpha value is -1.44. The Morgan fingerprint density at radius 1 is 0.794 bits per heavy atom. The van der Waals surface area contributed by atoms with Gasteiger partial charge < -0.3 is 42.3 Å². The molecule has 9 heterocycles. The monoisotopic (exact) mass is 891 g/mol. The molecule has 0 aromatic heterocycles. The molecule has 0 N–H and O–H groups in total. The lowest BCUT2D eigenvalue weighted by Crippen LogP contribution is -2.61. The zero-order valence-electron chi connectivity index (χ0n) is 40.3. The Balaban J connectivity index is 0.789. The normalized spacial score (nSPS) is 44.0. The van der Waals surface area contributed by atoms with Crippen molar-refractivity contribution in [2.45, 2.75) is 241 Å². The number of hydrogen-bond acceptors (Lipinski definition) is 9. The minimum absolute atomic E-state index is 0.0122. The fraction of sp³-hybridized carbons (Fsp3) is 0.811. The summed E-state index contributed by atoms with van der Waals surface area (Å²) < 4.78 is 61.3. The maximum absolute atomic E-state index is 7.14. The van der Waals surface area contributed by atoms with Crippen LogP contribution < -0.4 is 0 Å². The predicted octanol–water partition coefficient (Wildman–Crippen LogP) is 10.7. The Morgan fingerprint density at radius 2 is 1.52 bits per heavy atom. The summed E-state index contributed by atoms with van der Waals surface area (Å²) in [6.07, 6.45) is 12.3. The first-order valence-electron chi connectivity index (χ1n) is 25.3. The topological polar surface area (TPSA) is 83.1 Å². The molecule has 0 spiro atoms. The van der Waals surface area contributed by atoms with Crippen LogP contribution in [0.1, 0.15) is 131 Å². The van der Waals surface area contributed by atoms with Crippen LogP contribution in [0.2, 0.25) is 18.1 Å². The summed E-state index contributed by atoms with van der Waals surface area (Å²) in [6, 6.07) is 11.0. The van der Waals surface area contributed by atoms with E-state index in [1.165, 1.54) is 16.7 Å². The van der Waals surface area contributed by atoms with Gasteiger partial charge in [0.15, 0.2) is 14.1 Å². The molecule has 9 fully saturated rings. The molecule has 9 saturated heterocycles. The van der Waals surface area contributed by atoms with E-state index in [2.05, 4.69) is 105 Å². The van der Waals surface area contributed by atoms with Gasteiger partial charge in [0.2, 0.25) is 0 Å². The zero-order chi connectivity index (χ0) is 44.4. The molecule has 0 aliphatic carbocycles. The smallest absolute Gasteiger partial charge is 0.191 e. The van der Waals surface area contributed by atoms with Crippen LogP contribution in [0.4, 0.5) is 0 Å². The molecule has 9 nitrogen and oxygen atoms in total. The second-order valence-electron chi connectivity index (χ2n) is 23.0. The lowest BCUT2D eigenvalue weighted by molar-refractivity contribution is -0.292. The average Bonchev–Trinajstić information content (AvgIpc) is 3.92. The van der Waals surface area contributed by atoms with E-state index >= 15 is 0 Å². The highest BCUT2D eigenvalue weighted by atomic mass is 28.4. The van der Waals surface area contributed by atoms with E-state index in [1.54, 1.807) is 0 Å². The molecule has 9 aliphatic heterocycles. The second kappa shape index (κ2) is 18.6. The van der Waals surface area contributed by atoms with Gasteiger partial charge in [0.1, 0.15) is 30.5 Å². The standard InChI is InChI=1S/C53H82O9Si/c1-12-37-18-21-42-47(57-37)51-50-49(59-42)48-46(60-50)29-53(61-48,62-51)23-22-39-26-33(4)41(55-39)20-19-38-25-32(3)34(5)44(56-38)28-45-40(27-36-16-14-13-15-17-36)35(6)43(58-45)24-31(2)30-54-63(10,11)52(7,8)9/h13-17,31-32,35,37-51H,4-5,12,18-30H2,1-3,6-11H3/t31-,32+,35+,37-,38?,39?,40+,41-,42-,43+,44+,45?,46+,47-,48?,49-,50+,51?,53-/m0/s1. The average molecular weight is 891 g/mol. The number of benzene rings is 1. The van der Waals surface area contributed by atoms with Crippen LogP contribution >= 0.6 is 0 Å². The molecule has 1 aromatic rings. The van der Waals surface area contributed by atoms with Crippen molar-refractivity contribution in [3.05, 3.63) is 60.2 Å². The fourth-order valence-corrected chi connectivity index (χ4v) is 13.5. The van der Waals surface area contributed by atoms with Gasteiger partial charge in [-0.15, -0.1) is 0 Å². The summed E-state index contributed by atoms with van der Waals surface area (Å²) in [7, 11) is -1.82. The third-order valence-corrected chi connectivity index (χ3v) is 21.9. The van der Waals surface area contributed by atoms with Crippen LogP contribution in [-0.4, -0.2) is 106 Å². The van der Waals surface area contributed by atoms with Gasteiger partial charge in [-0.2, -0.15) is 0 Å². The fourth-order valence-electron chi connectivity index (χ4n) is 12.4. The van der Waals surface area contributed by atoms with Crippen LogP contribution in [0.15, 0.2) is 54.6 Å². The van der Waals surface area contributed by atoms with Crippen LogP contribution in [0.3, 0.4) is 0 Å². The molecule has 10 rings (SSSR count). The van der Waals surface area contributed by atoms with Crippen LogP contribution in [0, 0.1) is 23.7 Å². The van der Waals surface area contributed by atoms with Crippen molar-refractivity contribution < 1.29 is 42.3 Å². The molecule has 10 heteroatoms. The molecular formula is C53H82O9Si. The maximum Gasteiger partial charge on any atom is 0.191 e. The number of fused-ring (bicyclic) bond motifs is 1. The van der Waals surface area contributed by atoms with Gasteiger partial charge in [0.05, 0.1) is 54.9 Å². The summed E-state index contributed by atoms with van der Waals surface area (Å²) >= 11 is 0. The van der Waals surface area contributed by atoms with E-state index < -0.39 is 14.1 Å². The lowest BCUT2D eigenvalue weighted by Gasteiger charge is -2.47. The van der Waals surface area contributed by atoms with Crippen molar-refractivity contribution in [3.63, 3.8) is 0 Å². The Labute approximate surface area is 381 Å². The van der Waals surface area contributed by atoms with E-state index in [0.717, 1.165) is 90.1 Å². The third-order valence-electron chi connectivity index (χ3n) is 17.4. The minimum atomic E-state index is -1.82. The summed E-state index contributed by atoms with van der Waals surface area (Å²) in [5.41, 5.74) is 3.79. The van der Waals surface area contributed by atoms with E-state index in [-0.39, 0.29) is 90.5 Å².